The minimum Gasteiger partial charge on any atom is -0.365 e. The molecule has 0 saturated carbocycles. The Labute approximate surface area is 109 Å². The summed E-state index contributed by atoms with van der Waals surface area (Å²) in [5.41, 5.74) is 1.17. The van der Waals surface area contributed by atoms with Crippen molar-refractivity contribution in [1.29, 1.82) is 0 Å². The van der Waals surface area contributed by atoms with Crippen LogP contribution in [0.1, 0.15) is 18.2 Å². The predicted octanol–water partition coefficient (Wildman–Crippen LogP) is 1.80. The number of pyridine rings is 1. The molecule has 0 bridgehead atoms. The number of hydrogen-bond donors (Lipinski definition) is 1. The molecule has 0 spiro atoms. The van der Waals surface area contributed by atoms with Crippen LogP contribution in [0.25, 0.3) is 0 Å². The average Bonchev–Trinajstić information content (AvgIpc) is 2.40. The third kappa shape index (κ3) is 3.01. The number of rotatable bonds is 5. The molecule has 2 rings (SSSR count). The monoisotopic (exact) mass is 259 g/mol. The van der Waals surface area contributed by atoms with Crippen molar-refractivity contribution in [3.63, 3.8) is 0 Å². The van der Waals surface area contributed by atoms with Gasteiger partial charge in [0.25, 0.3) is 0 Å². The number of aromatic nitrogens is 3. The highest BCUT2D eigenvalue weighted by atomic mass is 16.6. The lowest BCUT2D eigenvalue weighted by molar-refractivity contribution is -0.385. The molecule has 1 N–H and O–H groups in total. The molecular weight excluding hydrogens is 246 g/mol. The van der Waals surface area contributed by atoms with E-state index in [1.807, 2.05) is 13.0 Å². The van der Waals surface area contributed by atoms with Gasteiger partial charge in [0.2, 0.25) is 5.82 Å². The zero-order valence-corrected chi connectivity index (χ0v) is 10.4. The summed E-state index contributed by atoms with van der Waals surface area (Å²) in [6.07, 6.45) is 5.00. The Hall–Kier alpha value is -2.57. The maximum atomic E-state index is 11.2. The van der Waals surface area contributed by atoms with Gasteiger partial charge in [-0.15, -0.1) is 0 Å². The van der Waals surface area contributed by atoms with Crippen molar-refractivity contribution in [1.82, 2.24) is 15.0 Å². The molecule has 0 atom stereocenters. The lowest BCUT2D eigenvalue weighted by Gasteiger charge is -2.06. The van der Waals surface area contributed by atoms with E-state index in [9.17, 15) is 10.1 Å². The van der Waals surface area contributed by atoms with Crippen LogP contribution in [0.5, 0.6) is 0 Å². The molecule has 2 aromatic heterocycles. The second-order valence-electron chi connectivity index (χ2n) is 3.84. The summed E-state index contributed by atoms with van der Waals surface area (Å²) in [5, 5.41) is 14.1. The van der Waals surface area contributed by atoms with Crippen molar-refractivity contribution in [3.05, 3.63) is 52.2 Å². The van der Waals surface area contributed by atoms with Crippen molar-refractivity contribution in [2.75, 3.05) is 11.9 Å². The van der Waals surface area contributed by atoms with E-state index in [1.165, 1.54) is 6.33 Å². The van der Waals surface area contributed by atoms with Crippen LogP contribution >= 0.6 is 0 Å². The molecule has 0 aromatic carbocycles. The van der Waals surface area contributed by atoms with Crippen LogP contribution in [-0.4, -0.2) is 26.4 Å². The summed E-state index contributed by atoms with van der Waals surface area (Å²) < 4.78 is 0. The number of anilines is 1. The maximum absolute atomic E-state index is 11.2. The van der Waals surface area contributed by atoms with E-state index < -0.39 is 4.92 Å². The molecule has 0 fully saturated rings. The number of nitrogens with one attached hydrogen (secondary N) is 1. The molecule has 7 nitrogen and oxygen atoms in total. The smallest absolute Gasteiger partial charge is 0.332 e. The van der Waals surface area contributed by atoms with Gasteiger partial charge in [-0.3, -0.25) is 15.1 Å². The van der Waals surface area contributed by atoms with Gasteiger partial charge in [-0.1, -0.05) is 6.07 Å². The Balaban J connectivity index is 2.39. The maximum Gasteiger partial charge on any atom is 0.332 e. The van der Waals surface area contributed by atoms with Gasteiger partial charge < -0.3 is 5.32 Å². The fourth-order valence-electron chi connectivity index (χ4n) is 1.73. The highest BCUT2D eigenvalue weighted by Gasteiger charge is 2.22. The van der Waals surface area contributed by atoms with E-state index in [0.717, 1.165) is 5.56 Å². The van der Waals surface area contributed by atoms with E-state index in [-0.39, 0.29) is 11.5 Å². The first-order valence-electron chi connectivity index (χ1n) is 5.83. The molecule has 0 saturated heterocycles. The molecule has 0 aliphatic carbocycles. The Kier molecular flexibility index (Phi) is 3.97. The number of nitro groups is 1. The first kappa shape index (κ1) is 12.9. The number of hydrogen-bond acceptors (Lipinski definition) is 6. The summed E-state index contributed by atoms with van der Waals surface area (Å²) in [6, 6.07) is 3.64. The van der Waals surface area contributed by atoms with E-state index in [0.29, 0.717) is 18.7 Å². The van der Waals surface area contributed by atoms with Gasteiger partial charge >= 0.3 is 5.69 Å². The van der Waals surface area contributed by atoms with Crippen LogP contribution in [-0.2, 0) is 6.42 Å². The van der Waals surface area contributed by atoms with Gasteiger partial charge in [-0.25, -0.2) is 9.97 Å². The fraction of sp³-hybridized carbons (Fsp3) is 0.250. The van der Waals surface area contributed by atoms with Crippen molar-refractivity contribution in [2.45, 2.75) is 13.3 Å². The van der Waals surface area contributed by atoms with Crippen LogP contribution in [0, 0.1) is 10.1 Å². The normalized spacial score (nSPS) is 10.2. The summed E-state index contributed by atoms with van der Waals surface area (Å²) in [6.45, 7) is 2.41. The summed E-state index contributed by atoms with van der Waals surface area (Å²) in [4.78, 5) is 22.6. The second kappa shape index (κ2) is 5.85. The zero-order valence-electron chi connectivity index (χ0n) is 10.4. The van der Waals surface area contributed by atoms with Gasteiger partial charge in [0.05, 0.1) is 4.92 Å². The third-order valence-corrected chi connectivity index (χ3v) is 2.52. The Morgan fingerprint density at radius 1 is 1.42 bits per heavy atom. The van der Waals surface area contributed by atoms with Crippen molar-refractivity contribution in [2.24, 2.45) is 0 Å². The SMILES string of the molecule is CCNc1ncnc(Cc2cccnc2)c1[N+](=O)[O-]. The van der Waals surface area contributed by atoms with E-state index >= 15 is 0 Å². The minimum atomic E-state index is -0.455. The van der Waals surface area contributed by atoms with Crippen molar-refractivity contribution in [3.8, 4) is 0 Å². The van der Waals surface area contributed by atoms with Gasteiger partial charge in [-0.2, -0.15) is 0 Å². The molecule has 2 heterocycles. The summed E-state index contributed by atoms with van der Waals surface area (Å²) in [5.74, 6) is 0.251. The van der Waals surface area contributed by atoms with Crippen LogP contribution in [0.4, 0.5) is 11.5 Å². The molecule has 0 unspecified atom stereocenters. The van der Waals surface area contributed by atoms with Gasteiger partial charge in [-0.05, 0) is 18.6 Å². The number of nitrogens with zero attached hydrogens (tertiary/aromatic N) is 4. The molecule has 0 aliphatic heterocycles. The first-order valence-corrected chi connectivity index (χ1v) is 5.83. The van der Waals surface area contributed by atoms with Crippen LogP contribution < -0.4 is 5.32 Å². The lowest BCUT2D eigenvalue weighted by atomic mass is 10.1. The standard InChI is InChI=1S/C12H13N5O2/c1-2-14-12-11(17(18)19)10(15-8-16-12)6-9-4-3-5-13-7-9/h3-5,7-8H,2,6H2,1H3,(H,14,15,16). The first-order chi connectivity index (χ1) is 9.22. The lowest BCUT2D eigenvalue weighted by Crippen LogP contribution is -2.08. The van der Waals surface area contributed by atoms with E-state index in [4.69, 9.17) is 0 Å². The third-order valence-electron chi connectivity index (χ3n) is 2.52. The topological polar surface area (TPSA) is 93.8 Å². The predicted molar refractivity (Wildman–Crippen MR) is 69.9 cm³/mol. The zero-order chi connectivity index (χ0) is 13.7. The van der Waals surface area contributed by atoms with Gasteiger partial charge in [0.1, 0.15) is 12.0 Å². The highest BCUT2D eigenvalue weighted by Crippen LogP contribution is 2.26. The molecular formula is C12H13N5O2. The Morgan fingerprint density at radius 3 is 2.89 bits per heavy atom. The molecule has 0 amide bonds. The van der Waals surface area contributed by atoms with Crippen molar-refractivity contribution >= 4 is 11.5 Å². The largest absolute Gasteiger partial charge is 0.365 e. The average molecular weight is 259 g/mol. The molecule has 0 radical (unpaired) electrons. The Morgan fingerprint density at radius 2 is 2.26 bits per heavy atom. The molecule has 7 heteroatoms. The van der Waals surface area contributed by atoms with E-state index in [2.05, 4.69) is 20.3 Å². The second-order valence-corrected chi connectivity index (χ2v) is 3.84. The summed E-state index contributed by atoms with van der Waals surface area (Å²) in [7, 11) is 0. The van der Waals surface area contributed by atoms with Crippen LogP contribution in [0.15, 0.2) is 30.9 Å². The minimum absolute atomic E-state index is 0.0757. The van der Waals surface area contributed by atoms with Crippen molar-refractivity contribution < 1.29 is 4.92 Å². The molecule has 98 valence electrons. The van der Waals surface area contributed by atoms with Crippen LogP contribution in [0.3, 0.4) is 0 Å². The summed E-state index contributed by atoms with van der Waals surface area (Å²) >= 11 is 0. The molecule has 19 heavy (non-hydrogen) atoms. The van der Waals surface area contributed by atoms with Gasteiger partial charge in [0, 0.05) is 25.4 Å². The highest BCUT2D eigenvalue weighted by molar-refractivity contribution is 5.58. The van der Waals surface area contributed by atoms with Crippen LogP contribution in [0.2, 0.25) is 0 Å². The molecule has 2 aromatic rings. The Bertz CT molecular complexity index is 574. The molecule has 0 aliphatic rings. The van der Waals surface area contributed by atoms with E-state index in [1.54, 1.807) is 18.5 Å². The fourth-order valence-corrected chi connectivity index (χ4v) is 1.73. The van der Waals surface area contributed by atoms with Gasteiger partial charge in [0.15, 0.2) is 0 Å². The quantitative estimate of drug-likeness (QED) is 0.650.